The maximum absolute atomic E-state index is 3.74. The molecule has 0 aliphatic rings. The summed E-state index contributed by atoms with van der Waals surface area (Å²) in [5, 5.41) is 7.89. The van der Waals surface area contributed by atoms with Crippen molar-refractivity contribution >= 4 is 32.3 Å². The molecule has 1 heterocycles. The van der Waals surface area contributed by atoms with E-state index in [1.54, 1.807) is 0 Å². The summed E-state index contributed by atoms with van der Waals surface area (Å²) in [6.07, 6.45) is 0. The van der Waals surface area contributed by atoms with Crippen molar-refractivity contribution in [1.82, 2.24) is 4.98 Å². The molecule has 0 aliphatic heterocycles. The topological polar surface area (TPSA) is 15.8 Å². The average Bonchev–Trinajstić information content (AvgIpc) is 3.34. The second-order valence-electron chi connectivity index (χ2n) is 8.67. The third-order valence-electron chi connectivity index (χ3n) is 6.78. The summed E-state index contributed by atoms with van der Waals surface area (Å²) in [5.74, 6) is 0. The lowest BCUT2D eigenvalue weighted by Crippen LogP contribution is -1.88. The molecule has 154 valence electrons. The van der Waals surface area contributed by atoms with Crippen molar-refractivity contribution in [3.05, 3.63) is 121 Å². The van der Waals surface area contributed by atoms with E-state index in [0.717, 1.165) is 11.4 Å². The second-order valence-corrected chi connectivity index (χ2v) is 8.67. The fourth-order valence-electron chi connectivity index (χ4n) is 5.24. The predicted molar refractivity (Wildman–Crippen MR) is 141 cm³/mol. The Hall–Kier alpha value is -4.36. The van der Waals surface area contributed by atoms with Gasteiger partial charge < -0.3 is 4.98 Å². The van der Waals surface area contributed by atoms with Crippen molar-refractivity contribution in [2.75, 3.05) is 0 Å². The molecule has 1 heteroatoms. The summed E-state index contributed by atoms with van der Waals surface area (Å²) in [5.41, 5.74) is 7.18. The zero-order valence-electron chi connectivity index (χ0n) is 18.0. The monoisotopic (exact) mass is 419 g/mol. The standard InChI is InChI=1S/C32H21N/c1-3-8-21(9-4-1)29-20-28(32(33-29)25-10-5-2-6-11-25)26-18-16-24-15-14-22-12-7-13-23-17-19-27(26)31(24)30(22)23/h1-20,33H. The van der Waals surface area contributed by atoms with E-state index in [2.05, 4.69) is 126 Å². The number of rotatable bonds is 3. The number of hydrogen-bond donors (Lipinski definition) is 1. The highest BCUT2D eigenvalue weighted by atomic mass is 14.7. The largest absolute Gasteiger partial charge is 0.354 e. The summed E-state index contributed by atoms with van der Waals surface area (Å²) >= 11 is 0. The van der Waals surface area contributed by atoms with Gasteiger partial charge in [0, 0.05) is 11.3 Å². The van der Waals surface area contributed by atoms with E-state index in [1.165, 1.54) is 54.6 Å². The lowest BCUT2D eigenvalue weighted by Gasteiger charge is -2.14. The van der Waals surface area contributed by atoms with Crippen LogP contribution in [0.25, 0.3) is 66.0 Å². The van der Waals surface area contributed by atoms with E-state index < -0.39 is 0 Å². The normalized spacial score (nSPS) is 11.6. The van der Waals surface area contributed by atoms with Gasteiger partial charge in [0.25, 0.3) is 0 Å². The number of hydrogen-bond acceptors (Lipinski definition) is 0. The van der Waals surface area contributed by atoms with Crippen molar-refractivity contribution < 1.29 is 0 Å². The van der Waals surface area contributed by atoms with Crippen LogP contribution < -0.4 is 0 Å². The summed E-state index contributed by atoms with van der Waals surface area (Å²) in [6, 6.07) is 43.7. The minimum Gasteiger partial charge on any atom is -0.354 e. The average molecular weight is 420 g/mol. The van der Waals surface area contributed by atoms with E-state index in [0.29, 0.717) is 0 Å². The van der Waals surface area contributed by atoms with Crippen LogP contribution in [0.2, 0.25) is 0 Å². The highest BCUT2D eigenvalue weighted by Gasteiger charge is 2.17. The van der Waals surface area contributed by atoms with Crippen LogP contribution in [-0.2, 0) is 0 Å². The zero-order chi connectivity index (χ0) is 21.8. The van der Waals surface area contributed by atoms with Gasteiger partial charge in [0.1, 0.15) is 0 Å². The molecule has 1 N–H and O–H groups in total. The number of benzene rings is 6. The van der Waals surface area contributed by atoms with Gasteiger partial charge >= 0.3 is 0 Å². The highest BCUT2D eigenvalue weighted by Crippen LogP contribution is 2.43. The molecule has 6 aromatic carbocycles. The molecule has 0 amide bonds. The van der Waals surface area contributed by atoms with Crippen LogP contribution >= 0.6 is 0 Å². The second kappa shape index (κ2) is 7.08. The van der Waals surface area contributed by atoms with Gasteiger partial charge in [0.15, 0.2) is 0 Å². The third kappa shape index (κ3) is 2.79. The first kappa shape index (κ1) is 18.2. The van der Waals surface area contributed by atoms with Gasteiger partial charge in [-0.2, -0.15) is 0 Å². The van der Waals surface area contributed by atoms with E-state index in [1.807, 2.05) is 0 Å². The van der Waals surface area contributed by atoms with E-state index >= 15 is 0 Å². The number of aromatic amines is 1. The van der Waals surface area contributed by atoms with Crippen molar-refractivity contribution in [2.45, 2.75) is 0 Å². The Morgan fingerprint density at radius 2 is 1.03 bits per heavy atom. The van der Waals surface area contributed by atoms with Crippen LogP contribution in [0.1, 0.15) is 0 Å². The molecule has 7 aromatic rings. The van der Waals surface area contributed by atoms with Crippen LogP contribution in [0.5, 0.6) is 0 Å². The van der Waals surface area contributed by atoms with E-state index in [9.17, 15) is 0 Å². The smallest absolute Gasteiger partial charge is 0.0538 e. The number of nitrogens with one attached hydrogen (secondary N) is 1. The molecule has 0 aliphatic carbocycles. The number of aromatic nitrogens is 1. The molecule has 0 atom stereocenters. The molecule has 7 rings (SSSR count). The lowest BCUT2D eigenvalue weighted by molar-refractivity contribution is 1.39. The quantitative estimate of drug-likeness (QED) is 0.275. The molecule has 0 saturated carbocycles. The summed E-state index contributed by atoms with van der Waals surface area (Å²) in [7, 11) is 0. The molecule has 0 saturated heterocycles. The van der Waals surface area contributed by atoms with Crippen LogP contribution in [0.3, 0.4) is 0 Å². The molecule has 1 aromatic heterocycles. The summed E-state index contributed by atoms with van der Waals surface area (Å²) in [4.78, 5) is 3.74. The Labute approximate surface area is 192 Å². The Morgan fingerprint density at radius 3 is 1.76 bits per heavy atom. The molecule has 0 fully saturated rings. The highest BCUT2D eigenvalue weighted by molar-refractivity contribution is 6.25. The van der Waals surface area contributed by atoms with Crippen LogP contribution in [0.4, 0.5) is 0 Å². The van der Waals surface area contributed by atoms with Crippen LogP contribution in [0, 0.1) is 0 Å². The van der Waals surface area contributed by atoms with Crippen molar-refractivity contribution in [1.29, 1.82) is 0 Å². The summed E-state index contributed by atoms with van der Waals surface area (Å²) in [6.45, 7) is 0. The van der Waals surface area contributed by atoms with Gasteiger partial charge in [-0.05, 0) is 55.1 Å². The van der Waals surface area contributed by atoms with Crippen LogP contribution in [0.15, 0.2) is 121 Å². The van der Waals surface area contributed by atoms with Crippen molar-refractivity contribution in [3.8, 4) is 33.6 Å². The fraction of sp³-hybridized carbons (Fsp3) is 0. The predicted octanol–water partition coefficient (Wildman–Crippen LogP) is 8.91. The third-order valence-corrected chi connectivity index (χ3v) is 6.78. The Balaban J connectivity index is 1.57. The molecular formula is C32H21N. The fourth-order valence-corrected chi connectivity index (χ4v) is 5.24. The molecule has 0 radical (unpaired) electrons. The maximum Gasteiger partial charge on any atom is 0.0538 e. The zero-order valence-corrected chi connectivity index (χ0v) is 18.0. The first-order valence-corrected chi connectivity index (χ1v) is 11.4. The molecular weight excluding hydrogens is 398 g/mol. The molecule has 0 bridgehead atoms. The molecule has 0 unspecified atom stereocenters. The van der Waals surface area contributed by atoms with Gasteiger partial charge in [-0.15, -0.1) is 0 Å². The number of H-pyrrole nitrogens is 1. The molecule has 33 heavy (non-hydrogen) atoms. The van der Waals surface area contributed by atoms with Gasteiger partial charge in [-0.3, -0.25) is 0 Å². The van der Waals surface area contributed by atoms with Gasteiger partial charge in [0.2, 0.25) is 0 Å². The Morgan fingerprint density at radius 1 is 0.424 bits per heavy atom. The molecule has 1 nitrogen and oxygen atoms in total. The van der Waals surface area contributed by atoms with Gasteiger partial charge in [-0.1, -0.05) is 115 Å². The minimum absolute atomic E-state index is 1.13. The lowest BCUT2D eigenvalue weighted by atomic mass is 9.89. The summed E-state index contributed by atoms with van der Waals surface area (Å²) < 4.78 is 0. The minimum atomic E-state index is 1.13. The first-order chi connectivity index (χ1) is 16.4. The SMILES string of the molecule is c1ccc(-c2cc(-c3ccc4ccc5cccc6ccc3c4c56)c(-c3ccccc3)[nH]2)cc1. The van der Waals surface area contributed by atoms with Crippen molar-refractivity contribution in [2.24, 2.45) is 0 Å². The van der Waals surface area contributed by atoms with Crippen molar-refractivity contribution in [3.63, 3.8) is 0 Å². The van der Waals surface area contributed by atoms with Crippen LogP contribution in [-0.4, -0.2) is 4.98 Å². The Bertz CT molecular complexity index is 1720. The van der Waals surface area contributed by atoms with E-state index in [-0.39, 0.29) is 0 Å². The Kier molecular flexibility index (Phi) is 3.91. The molecule has 0 spiro atoms. The first-order valence-electron chi connectivity index (χ1n) is 11.4. The van der Waals surface area contributed by atoms with E-state index in [4.69, 9.17) is 0 Å². The van der Waals surface area contributed by atoms with Gasteiger partial charge in [0.05, 0.1) is 5.69 Å². The maximum atomic E-state index is 3.74. The van der Waals surface area contributed by atoms with Gasteiger partial charge in [-0.25, -0.2) is 0 Å².